The van der Waals surface area contributed by atoms with Crippen molar-refractivity contribution >= 4 is 21.4 Å². The van der Waals surface area contributed by atoms with E-state index in [4.69, 9.17) is 0 Å². The van der Waals surface area contributed by atoms with E-state index in [1.165, 1.54) is 11.3 Å². The molecule has 0 atom stereocenters. The molecular weight excluding hydrogens is 282 g/mol. The average Bonchev–Trinajstić information content (AvgIpc) is 2.99. The molecule has 1 N–H and O–H groups in total. The van der Waals surface area contributed by atoms with Crippen LogP contribution in [-0.4, -0.2) is 30.4 Å². The Hall–Kier alpha value is -0.430. The molecule has 0 amide bonds. The topological polar surface area (TPSA) is 57.6 Å². The Morgan fingerprint density at radius 3 is 2.53 bits per heavy atom. The van der Waals surface area contributed by atoms with E-state index in [2.05, 4.69) is 0 Å². The Kier molecular flexibility index (Phi) is 4.66. The molecule has 4 nitrogen and oxygen atoms in total. The maximum Gasteiger partial charge on any atom is 0.252 e. The molecule has 0 spiro atoms. The van der Waals surface area contributed by atoms with Crippen LogP contribution in [0.3, 0.4) is 0 Å². The van der Waals surface area contributed by atoms with Crippen molar-refractivity contribution in [3.05, 3.63) is 16.5 Å². The van der Waals surface area contributed by atoms with Gasteiger partial charge in [-0.15, -0.1) is 11.3 Å². The molecule has 1 saturated carbocycles. The van der Waals surface area contributed by atoms with Crippen LogP contribution in [0.4, 0.5) is 0 Å². The van der Waals surface area contributed by atoms with Crippen LogP contribution in [0.1, 0.15) is 43.0 Å². The second-order valence-corrected chi connectivity index (χ2v) is 8.23. The molecule has 1 aromatic rings. The van der Waals surface area contributed by atoms with Crippen molar-refractivity contribution in [1.82, 2.24) is 4.31 Å². The Morgan fingerprint density at radius 1 is 1.42 bits per heavy atom. The molecule has 6 heteroatoms. The maximum atomic E-state index is 12.7. The highest BCUT2D eigenvalue weighted by atomic mass is 32.2. The molecule has 0 unspecified atom stereocenters. The van der Waals surface area contributed by atoms with E-state index in [9.17, 15) is 13.5 Å². The molecule has 0 saturated heterocycles. The Morgan fingerprint density at radius 2 is 2.05 bits per heavy atom. The zero-order chi connectivity index (χ0) is 14.0. The van der Waals surface area contributed by atoms with Crippen LogP contribution in [0.25, 0.3) is 0 Å². The number of thiophene rings is 1. The van der Waals surface area contributed by atoms with E-state index in [-0.39, 0.29) is 12.6 Å². The average molecular weight is 303 g/mol. The lowest BCUT2D eigenvalue weighted by Crippen LogP contribution is -2.38. The number of aryl methyl sites for hydroxylation is 1. The minimum Gasteiger partial charge on any atom is -0.391 e. The van der Waals surface area contributed by atoms with Crippen LogP contribution in [0, 0.1) is 6.92 Å². The molecule has 0 aromatic carbocycles. The van der Waals surface area contributed by atoms with Gasteiger partial charge in [-0.1, -0.05) is 19.8 Å². The summed E-state index contributed by atoms with van der Waals surface area (Å²) in [5.74, 6) is 0. The van der Waals surface area contributed by atoms with Crippen molar-refractivity contribution in [2.75, 3.05) is 6.54 Å². The second-order valence-electron chi connectivity index (χ2n) is 4.98. The molecule has 1 aliphatic carbocycles. The van der Waals surface area contributed by atoms with Gasteiger partial charge in [0.2, 0.25) is 0 Å². The normalized spacial score (nSPS) is 17.5. The molecule has 108 valence electrons. The lowest BCUT2D eigenvalue weighted by atomic mass is 10.2. The molecule has 1 aliphatic rings. The summed E-state index contributed by atoms with van der Waals surface area (Å²) in [6.45, 7) is 4.15. The van der Waals surface area contributed by atoms with Crippen LogP contribution >= 0.6 is 11.3 Å². The van der Waals surface area contributed by atoms with Crippen molar-refractivity contribution < 1.29 is 13.5 Å². The zero-order valence-corrected chi connectivity index (χ0v) is 13.1. The van der Waals surface area contributed by atoms with Crippen LogP contribution in [0.15, 0.2) is 10.3 Å². The van der Waals surface area contributed by atoms with Gasteiger partial charge in [-0.3, -0.25) is 0 Å². The lowest BCUT2D eigenvalue weighted by molar-refractivity contribution is 0.285. The lowest BCUT2D eigenvalue weighted by Gasteiger charge is -2.25. The molecule has 0 radical (unpaired) electrons. The van der Waals surface area contributed by atoms with E-state index >= 15 is 0 Å². The standard InChI is InChI=1S/C13H21NO3S2/c1-3-14(11-6-4-5-7-11)19(16,17)13-8-10(2)12(9-15)18-13/h8,11,15H,3-7,9H2,1-2H3. The van der Waals surface area contributed by atoms with Crippen molar-refractivity contribution in [1.29, 1.82) is 0 Å². The van der Waals surface area contributed by atoms with Gasteiger partial charge in [-0.05, 0) is 31.4 Å². The van der Waals surface area contributed by atoms with Gasteiger partial charge in [0, 0.05) is 17.5 Å². The van der Waals surface area contributed by atoms with E-state index in [0.29, 0.717) is 10.8 Å². The van der Waals surface area contributed by atoms with Gasteiger partial charge in [-0.25, -0.2) is 8.42 Å². The number of nitrogens with zero attached hydrogens (tertiary/aromatic N) is 1. The van der Waals surface area contributed by atoms with Crippen LogP contribution in [-0.2, 0) is 16.6 Å². The summed E-state index contributed by atoms with van der Waals surface area (Å²) < 4.78 is 27.4. The molecule has 1 aromatic heterocycles. The fourth-order valence-corrected chi connectivity index (χ4v) is 5.98. The van der Waals surface area contributed by atoms with Crippen molar-refractivity contribution in [2.45, 2.75) is 56.4 Å². The van der Waals surface area contributed by atoms with Gasteiger partial charge in [-0.2, -0.15) is 4.31 Å². The van der Waals surface area contributed by atoms with Crippen LogP contribution < -0.4 is 0 Å². The number of hydrogen-bond acceptors (Lipinski definition) is 4. The smallest absolute Gasteiger partial charge is 0.252 e. The number of aliphatic hydroxyl groups is 1. The van der Waals surface area contributed by atoms with Gasteiger partial charge in [0.15, 0.2) is 0 Å². The highest BCUT2D eigenvalue weighted by Gasteiger charge is 2.33. The molecule has 0 aliphatic heterocycles. The molecule has 0 bridgehead atoms. The highest BCUT2D eigenvalue weighted by molar-refractivity contribution is 7.91. The third-order valence-corrected chi connectivity index (χ3v) is 7.45. The first-order valence-electron chi connectivity index (χ1n) is 6.72. The predicted molar refractivity (Wildman–Crippen MR) is 76.8 cm³/mol. The van der Waals surface area contributed by atoms with Gasteiger partial charge in [0.1, 0.15) is 4.21 Å². The Balaban J connectivity index is 2.33. The summed E-state index contributed by atoms with van der Waals surface area (Å²) in [6, 6.07) is 1.83. The SMILES string of the molecule is CCN(C1CCCC1)S(=O)(=O)c1cc(C)c(CO)s1. The van der Waals surface area contributed by atoms with E-state index in [0.717, 1.165) is 36.1 Å². The second kappa shape index (κ2) is 5.91. The summed E-state index contributed by atoms with van der Waals surface area (Å²) in [7, 11) is -3.41. The number of hydrogen-bond donors (Lipinski definition) is 1. The van der Waals surface area contributed by atoms with Crippen molar-refractivity contribution in [3.63, 3.8) is 0 Å². The summed E-state index contributed by atoms with van der Waals surface area (Å²) in [5, 5.41) is 9.21. The fraction of sp³-hybridized carbons (Fsp3) is 0.692. The third-order valence-electron chi connectivity index (χ3n) is 3.75. The molecule has 19 heavy (non-hydrogen) atoms. The van der Waals surface area contributed by atoms with Gasteiger partial charge in [0.05, 0.1) is 6.61 Å². The summed E-state index contributed by atoms with van der Waals surface area (Å²) >= 11 is 1.19. The van der Waals surface area contributed by atoms with Crippen molar-refractivity contribution in [3.8, 4) is 0 Å². The van der Waals surface area contributed by atoms with Gasteiger partial charge in [0.25, 0.3) is 10.0 Å². The summed E-state index contributed by atoms with van der Waals surface area (Å²) in [4.78, 5) is 0.737. The number of rotatable bonds is 5. The van der Waals surface area contributed by atoms with Crippen LogP contribution in [0.5, 0.6) is 0 Å². The van der Waals surface area contributed by atoms with Gasteiger partial charge < -0.3 is 5.11 Å². The molecule has 1 fully saturated rings. The number of aliphatic hydroxyl groups excluding tert-OH is 1. The van der Waals surface area contributed by atoms with Crippen LogP contribution in [0.2, 0.25) is 0 Å². The Bertz CT molecular complexity index is 530. The molecular formula is C13H21NO3S2. The first kappa shape index (κ1) is 15.0. The number of sulfonamides is 1. The van der Waals surface area contributed by atoms with Crippen molar-refractivity contribution in [2.24, 2.45) is 0 Å². The largest absolute Gasteiger partial charge is 0.391 e. The van der Waals surface area contributed by atoms with E-state index in [1.807, 2.05) is 13.8 Å². The Labute approximate surface area is 119 Å². The fourth-order valence-electron chi connectivity index (χ4n) is 2.70. The van der Waals surface area contributed by atoms with E-state index in [1.54, 1.807) is 10.4 Å². The first-order valence-corrected chi connectivity index (χ1v) is 8.98. The first-order chi connectivity index (χ1) is 9.00. The minimum atomic E-state index is -3.41. The predicted octanol–water partition coefficient (Wildman–Crippen LogP) is 2.50. The highest BCUT2D eigenvalue weighted by Crippen LogP contribution is 2.32. The molecule has 1 heterocycles. The van der Waals surface area contributed by atoms with Gasteiger partial charge >= 0.3 is 0 Å². The molecule has 2 rings (SSSR count). The maximum absolute atomic E-state index is 12.7. The zero-order valence-electron chi connectivity index (χ0n) is 11.4. The summed E-state index contributed by atoms with van der Waals surface area (Å²) in [5.41, 5.74) is 0.855. The minimum absolute atomic E-state index is 0.0957. The third kappa shape index (κ3) is 2.86. The monoisotopic (exact) mass is 303 g/mol. The van der Waals surface area contributed by atoms with E-state index < -0.39 is 10.0 Å². The summed E-state index contributed by atoms with van der Waals surface area (Å²) in [6.07, 6.45) is 4.15. The quantitative estimate of drug-likeness (QED) is 0.909.